The predicted octanol–water partition coefficient (Wildman–Crippen LogP) is 1.57. The topological polar surface area (TPSA) is 61.4 Å². The van der Waals surface area contributed by atoms with E-state index in [2.05, 4.69) is 10.6 Å². The number of carbonyl (C=O) groups is 1. The van der Waals surface area contributed by atoms with Crippen LogP contribution >= 0.6 is 0 Å². The number of phenols is 1. The first-order chi connectivity index (χ1) is 8.68. The van der Waals surface area contributed by atoms with E-state index in [-0.39, 0.29) is 11.7 Å². The lowest BCUT2D eigenvalue weighted by molar-refractivity contribution is 0.0949. The summed E-state index contributed by atoms with van der Waals surface area (Å²) in [6.45, 7) is 3.51. The van der Waals surface area contributed by atoms with E-state index in [0.29, 0.717) is 18.2 Å². The molecule has 3 N–H and O–H groups in total. The zero-order valence-corrected chi connectivity index (χ0v) is 10.7. The van der Waals surface area contributed by atoms with Gasteiger partial charge < -0.3 is 15.7 Å². The summed E-state index contributed by atoms with van der Waals surface area (Å²) in [5, 5.41) is 16.1. The molecule has 1 heterocycles. The maximum absolute atomic E-state index is 11.9. The van der Waals surface area contributed by atoms with Gasteiger partial charge in [-0.1, -0.05) is 12.1 Å². The molecule has 4 heteroatoms. The molecule has 18 heavy (non-hydrogen) atoms. The highest BCUT2D eigenvalue weighted by molar-refractivity contribution is 5.97. The van der Waals surface area contributed by atoms with Crippen LogP contribution in [0, 0.1) is 6.92 Å². The molecule has 1 aliphatic rings. The van der Waals surface area contributed by atoms with Crippen LogP contribution in [0.5, 0.6) is 5.75 Å². The van der Waals surface area contributed by atoms with Crippen molar-refractivity contribution in [2.45, 2.75) is 32.2 Å². The number of hydrogen-bond donors (Lipinski definition) is 3. The SMILES string of the molecule is Cc1cccc(C(=O)NCC[C@H]2CCCN2)c1O. The van der Waals surface area contributed by atoms with Crippen LogP contribution in [-0.4, -0.2) is 30.1 Å². The van der Waals surface area contributed by atoms with Gasteiger partial charge >= 0.3 is 0 Å². The first-order valence-electron chi connectivity index (χ1n) is 6.48. The van der Waals surface area contributed by atoms with Crippen LogP contribution in [0.4, 0.5) is 0 Å². The van der Waals surface area contributed by atoms with Crippen molar-refractivity contribution in [1.29, 1.82) is 0 Å². The maximum atomic E-state index is 11.9. The van der Waals surface area contributed by atoms with Crippen LogP contribution in [-0.2, 0) is 0 Å². The number of phenolic OH excluding ortho intramolecular Hbond substituents is 1. The molecular formula is C14H20N2O2. The quantitative estimate of drug-likeness (QED) is 0.758. The van der Waals surface area contributed by atoms with Crippen molar-refractivity contribution < 1.29 is 9.90 Å². The molecule has 1 saturated heterocycles. The van der Waals surface area contributed by atoms with Gasteiger partial charge in [-0.2, -0.15) is 0 Å². The van der Waals surface area contributed by atoms with E-state index >= 15 is 0 Å². The molecule has 1 fully saturated rings. The Bertz CT molecular complexity index is 426. The normalized spacial score (nSPS) is 18.8. The van der Waals surface area contributed by atoms with E-state index in [9.17, 15) is 9.90 Å². The van der Waals surface area contributed by atoms with E-state index < -0.39 is 0 Å². The van der Waals surface area contributed by atoms with E-state index in [1.807, 2.05) is 0 Å². The molecule has 0 unspecified atom stereocenters. The maximum Gasteiger partial charge on any atom is 0.255 e. The van der Waals surface area contributed by atoms with Gasteiger partial charge in [-0.3, -0.25) is 4.79 Å². The molecule has 4 nitrogen and oxygen atoms in total. The van der Waals surface area contributed by atoms with Crippen molar-refractivity contribution in [3.63, 3.8) is 0 Å². The summed E-state index contributed by atoms with van der Waals surface area (Å²) in [7, 11) is 0. The second kappa shape index (κ2) is 5.87. The van der Waals surface area contributed by atoms with Crippen molar-refractivity contribution >= 4 is 5.91 Å². The highest BCUT2D eigenvalue weighted by atomic mass is 16.3. The fourth-order valence-corrected chi connectivity index (χ4v) is 2.30. The third kappa shape index (κ3) is 3.01. The molecule has 0 saturated carbocycles. The number of rotatable bonds is 4. The molecule has 0 aliphatic carbocycles. The zero-order valence-electron chi connectivity index (χ0n) is 10.7. The summed E-state index contributed by atoms with van der Waals surface area (Å²) in [4.78, 5) is 11.9. The minimum atomic E-state index is -0.200. The Hall–Kier alpha value is -1.55. The Labute approximate surface area is 107 Å². The molecule has 0 radical (unpaired) electrons. The molecule has 1 aromatic carbocycles. The first-order valence-corrected chi connectivity index (χ1v) is 6.48. The van der Waals surface area contributed by atoms with Crippen LogP contribution in [0.25, 0.3) is 0 Å². The summed E-state index contributed by atoms with van der Waals surface area (Å²) >= 11 is 0. The number of aryl methyl sites for hydroxylation is 1. The van der Waals surface area contributed by atoms with Crippen molar-refractivity contribution in [3.05, 3.63) is 29.3 Å². The van der Waals surface area contributed by atoms with Gasteiger partial charge in [-0.05, 0) is 44.4 Å². The van der Waals surface area contributed by atoms with Gasteiger partial charge in [0.15, 0.2) is 0 Å². The Kier molecular flexibility index (Phi) is 4.20. The van der Waals surface area contributed by atoms with Crippen LogP contribution in [0.1, 0.15) is 35.2 Å². The van der Waals surface area contributed by atoms with Gasteiger partial charge in [0, 0.05) is 12.6 Å². The van der Waals surface area contributed by atoms with Crippen LogP contribution in [0.2, 0.25) is 0 Å². The van der Waals surface area contributed by atoms with Gasteiger partial charge in [0.05, 0.1) is 5.56 Å². The minimum absolute atomic E-state index is 0.0778. The zero-order chi connectivity index (χ0) is 13.0. The second-order valence-electron chi connectivity index (χ2n) is 4.81. The molecule has 98 valence electrons. The van der Waals surface area contributed by atoms with E-state index in [0.717, 1.165) is 18.5 Å². The summed E-state index contributed by atoms with van der Waals surface area (Å²) in [5.74, 6) is -0.122. The van der Waals surface area contributed by atoms with Gasteiger partial charge in [0.25, 0.3) is 5.91 Å². The Morgan fingerprint density at radius 2 is 2.39 bits per heavy atom. The van der Waals surface area contributed by atoms with Crippen LogP contribution in [0.3, 0.4) is 0 Å². The molecular weight excluding hydrogens is 228 g/mol. The lowest BCUT2D eigenvalue weighted by Crippen LogP contribution is -2.30. The monoisotopic (exact) mass is 248 g/mol. The summed E-state index contributed by atoms with van der Waals surface area (Å²) < 4.78 is 0. The van der Waals surface area contributed by atoms with Crippen LogP contribution < -0.4 is 10.6 Å². The van der Waals surface area contributed by atoms with Gasteiger partial charge in [0.1, 0.15) is 5.75 Å². The summed E-state index contributed by atoms with van der Waals surface area (Å²) in [6.07, 6.45) is 3.35. The Morgan fingerprint density at radius 3 is 3.11 bits per heavy atom. The lowest BCUT2D eigenvalue weighted by Gasteiger charge is -2.11. The number of para-hydroxylation sites is 1. The summed E-state index contributed by atoms with van der Waals surface area (Å²) in [5.41, 5.74) is 1.08. The summed E-state index contributed by atoms with van der Waals surface area (Å²) in [6, 6.07) is 5.74. The van der Waals surface area contributed by atoms with Gasteiger partial charge in [-0.15, -0.1) is 0 Å². The molecule has 1 amide bonds. The molecule has 1 aromatic rings. The fourth-order valence-electron chi connectivity index (χ4n) is 2.30. The number of carbonyl (C=O) groups excluding carboxylic acids is 1. The molecule has 0 aromatic heterocycles. The smallest absolute Gasteiger partial charge is 0.255 e. The van der Waals surface area contributed by atoms with E-state index in [4.69, 9.17) is 0 Å². The van der Waals surface area contributed by atoms with Gasteiger partial charge in [0.2, 0.25) is 0 Å². The third-order valence-electron chi connectivity index (χ3n) is 3.42. The van der Waals surface area contributed by atoms with Crippen molar-refractivity contribution in [3.8, 4) is 5.75 Å². The highest BCUT2D eigenvalue weighted by Crippen LogP contribution is 2.21. The number of hydrogen-bond acceptors (Lipinski definition) is 3. The lowest BCUT2D eigenvalue weighted by atomic mass is 10.1. The minimum Gasteiger partial charge on any atom is -0.507 e. The highest BCUT2D eigenvalue weighted by Gasteiger charge is 2.15. The molecule has 0 bridgehead atoms. The number of aromatic hydroxyl groups is 1. The Balaban J connectivity index is 1.85. The number of nitrogens with one attached hydrogen (secondary N) is 2. The number of benzene rings is 1. The van der Waals surface area contributed by atoms with E-state index in [1.54, 1.807) is 25.1 Å². The predicted molar refractivity (Wildman–Crippen MR) is 70.8 cm³/mol. The van der Waals surface area contributed by atoms with Crippen LogP contribution in [0.15, 0.2) is 18.2 Å². The third-order valence-corrected chi connectivity index (χ3v) is 3.42. The van der Waals surface area contributed by atoms with Crippen molar-refractivity contribution in [2.24, 2.45) is 0 Å². The molecule has 1 atom stereocenters. The standard InChI is InChI=1S/C14H20N2O2/c1-10-4-2-6-12(13(10)17)14(18)16-9-7-11-5-3-8-15-11/h2,4,6,11,15,17H,3,5,7-9H2,1H3,(H,16,18)/t11-/m1/s1. The largest absolute Gasteiger partial charge is 0.507 e. The van der Waals surface area contributed by atoms with Crippen molar-refractivity contribution in [2.75, 3.05) is 13.1 Å². The first kappa shape index (κ1) is 12.9. The van der Waals surface area contributed by atoms with Crippen molar-refractivity contribution in [1.82, 2.24) is 10.6 Å². The Morgan fingerprint density at radius 1 is 1.56 bits per heavy atom. The average molecular weight is 248 g/mol. The molecule has 2 rings (SSSR count). The van der Waals surface area contributed by atoms with E-state index in [1.165, 1.54) is 12.8 Å². The fraction of sp³-hybridized carbons (Fsp3) is 0.500. The van der Waals surface area contributed by atoms with Gasteiger partial charge in [-0.25, -0.2) is 0 Å². The number of amides is 1. The second-order valence-corrected chi connectivity index (χ2v) is 4.81. The average Bonchev–Trinajstić information content (AvgIpc) is 2.85. The molecule has 0 spiro atoms. The molecule has 1 aliphatic heterocycles.